The van der Waals surface area contributed by atoms with Crippen LogP contribution in [0.3, 0.4) is 0 Å². The minimum atomic E-state index is 0.0654. The van der Waals surface area contributed by atoms with Crippen molar-refractivity contribution in [1.29, 1.82) is 0 Å². The highest BCUT2D eigenvalue weighted by atomic mass is 16.5. The van der Waals surface area contributed by atoms with Crippen LogP contribution < -0.4 is 10.9 Å². The fourth-order valence-corrected chi connectivity index (χ4v) is 2.14. The Balaban J connectivity index is 2.00. The van der Waals surface area contributed by atoms with Crippen molar-refractivity contribution in [1.82, 2.24) is 9.88 Å². The summed E-state index contributed by atoms with van der Waals surface area (Å²) in [4.78, 5) is 11.9. The van der Waals surface area contributed by atoms with Gasteiger partial charge in [-0.05, 0) is 30.5 Å². The monoisotopic (exact) mass is 260 g/mol. The van der Waals surface area contributed by atoms with Gasteiger partial charge in [0.05, 0.1) is 12.1 Å². The van der Waals surface area contributed by atoms with Crippen molar-refractivity contribution in [3.05, 3.63) is 46.8 Å². The lowest BCUT2D eigenvalue weighted by Gasteiger charge is -2.10. The van der Waals surface area contributed by atoms with Gasteiger partial charge < -0.3 is 14.6 Å². The number of para-hydroxylation sites is 1. The predicted molar refractivity (Wildman–Crippen MR) is 77.6 cm³/mol. The number of ether oxygens (including phenoxy) is 1. The molecule has 2 aromatic rings. The van der Waals surface area contributed by atoms with Crippen LogP contribution in [0.5, 0.6) is 0 Å². The maximum absolute atomic E-state index is 11.9. The second kappa shape index (κ2) is 7.07. The fourth-order valence-electron chi connectivity index (χ4n) is 2.14. The highest BCUT2D eigenvalue weighted by Crippen LogP contribution is 2.10. The molecule has 0 aliphatic rings. The van der Waals surface area contributed by atoms with Crippen molar-refractivity contribution in [2.24, 2.45) is 0 Å². The molecule has 1 N–H and O–H groups in total. The van der Waals surface area contributed by atoms with Crippen molar-refractivity contribution < 1.29 is 4.74 Å². The Morgan fingerprint density at radius 3 is 2.84 bits per heavy atom. The topological polar surface area (TPSA) is 43.3 Å². The van der Waals surface area contributed by atoms with E-state index >= 15 is 0 Å². The van der Waals surface area contributed by atoms with Crippen molar-refractivity contribution in [3.63, 3.8) is 0 Å². The number of aromatic nitrogens is 1. The SMILES string of the molecule is COCCNCCCn1c(=O)ccc2ccccc21. The van der Waals surface area contributed by atoms with Gasteiger partial charge in [0.2, 0.25) is 0 Å². The zero-order valence-corrected chi connectivity index (χ0v) is 11.3. The number of nitrogens with zero attached hydrogens (tertiary/aromatic N) is 1. The summed E-state index contributed by atoms with van der Waals surface area (Å²) in [5.74, 6) is 0. The Morgan fingerprint density at radius 2 is 2.00 bits per heavy atom. The highest BCUT2D eigenvalue weighted by molar-refractivity contribution is 5.78. The average molecular weight is 260 g/mol. The van der Waals surface area contributed by atoms with Gasteiger partial charge in [-0.15, -0.1) is 0 Å². The van der Waals surface area contributed by atoms with Crippen molar-refractivity contribution in [3.8, 4) is 0 Å². The standard InChI is InChI=1S/C15H20N2O2/c1-19-12-10-16-9-4-11-17-14-6-3-2-5-13(14)7-8-15(17)18/h2-3,5-8,16H,4,9-12H2,1H3. The molecule has 0 fully saturated rings. The number of nitrogens with one attached hydrogen (secondary N) is 1. The molecule has 1 heterocycles. The predicted octanol–water partition coefficient (Wildman–Crippen LogP) is 1.63. The van der Waals surface area contributed by atoms with Crippen LogP contribution in [0.4, 0.5) is 0 Å². The largest absolute Gasteiger partial charge is 0.383 e. The van der Waals surface area contributed by atoms with Crippen LogP contribution in [0, 0.1) is 0 Å². The number of rotatable bonds is 7. The van der Waals surface area contributed by atoms with Gasteiger partial charge in [0, 0.05) is 26.3 Å². The molecule has 0 aliphatic carbocycles. The van der Waals surface area contributed by atoms with Gasteiger partial charge in [0.1, 0.15) is 0 Å². The molecule has 0 saturated carbocycles. The first-order valence-electron chi connectivity index (χ1n) is 6.61. The summed E-state index contributed by atoms with van der Waals surface area (Å²) in [6.45, 7) is 3.19. The van der Waals surface area contributed by atoms with Gasteiger partial charge in [0.25, 0.3) is 5.56 Å². The first kappa shape index (κ1) is 13.8. The molecule has 0 atom stereocenters. The third-order valence-electron chi connectivity index (χ3n) is 3.12. The molecule has 102 valence electrons. The summed E-state index contributed by atoms with van der Waals surface area (Å²) in [6, 6.07) is 11.5. The van der Waals surface area contributed by atoms with Gasteiger partial charge in [-0.3, -0.25) is 4.79 Å². The van der Waals surface area contributed by atoms with Crippen LogP contribution in [-0.4, -0.2) is 31.4 Å². The molecule has 1 aromatic heterocycles. The van der Waals surface area contributed by atoms with Crippen LogP contribution in [0.15, 0.2) is 41.2 Å². The van der Waals surface area contributed by atoms with E-state index in [1.807, 2.05) is 34.9 Å². The fraction of sp³-hybridized carbons (Fsp3) is 0.400. The smallest absolute Gasteiger partial charge is 0.251 e. The van der Waals surface area contributed by atoms with E-state index in [2.05, 4.69) is 5.32 Å². The summed E-state index contributed by atoms with van der Waals surface area (Å²) < 4.78 is 6.81. The molecule has 4 nitrogen and oxygen atoms in total. The molecule has 2 rings (SSSR count). The number of hydrogen-bond acceptors (Lipinski definition) is 3. The summed E-state index contributed by atoms with van der Waals surface area (Å²) in [6.07, 6.45) is 0.928. The normalized spacial score (nSPS) is 11.0. The van der Waals surface area contributed by atoms with Gasteiger partial charge in [-0.1, -0.05) is 18.2 Å². The quantitative estimate of drug-likeness (QED) is 0.769. The Labute approximate surface area is 113 Å². The molecule has 0 unspecified atom stereocenters. The zero-order valence-electron chi connectivity index (χ0n) is 11.3. The van der Waals surface area contributed by atoms with Gasteiger partial charge in [0.15, 0.2) is 0 Å². The zero-order chi connectivity index (χ0) is 13.5. The van der Waals surface area contributed by atoms with E-state index in [-0.39, 0.29) is 5.56 Å². The summed E-state index contributed by atoms with van der Waals surface area (Å²) in [5.41, 5.74) is 1.07. The summed E-state index contributed by atoms with van der Waals surface area (Å²) in [7, 11) is 1.69. The number of hydrogen-bond donors (Lipinski definition) is 1. The molecular weight excluding hydrogens is 240 g/mol. The Kier molecular flexibility index (Phi) is 5.12. The van der Waals surface area contributed by atoms with E-state index < -0.39 is 0 Å². The molecule has 0 amide bonds. The van der Waals surface area contributed by atoms with Crippen LogP contribution in [-0.2, 0) is 11.3 Å². The first-order chi connectivity index (χ1) is 9.33. The van der Waals surface area contributed by atoms with Crippen LogP contribution in [0.1, 0.15) is 6.42 Å². The molecule has 0 bridgehead atoms. The van der Waals surface area contributed by atoms with Crippen LogP contribution in [0.25, 0.3) is 10.9 Å². The van der Waals surface area contributed by atoms with E-state index in [0.717, 1.165) is 37.0 Å². The van der Waals surface area contributed by atoms with E-state index in [4.69, 9.17) is 4.74 Å². The molecule has 0 saturated heterocycles. The molecular formula is C15H20N2O2. The summed E-state index contributed by atoms with van der Waals surface area (Å²) >= 11 is 0. The van der Waals surface area contributed by atoms with Crippen LogP contribution in [0.2, 0.25) is 0 Å². The third-order valence-corrected chi connectivity index (χ3v) is 3.12. The number of aryl methyl sites for hydroxylation is 1. The van der Waals surface area contributed by atoms with E-state index in [1.165, 1.54) is 0 Å². The summed E-state index contributed by atoms with van der Waals surface area (Å²) in [5, 5.41) is 4.39. The maximum atomic E-state index is 11.9. The Morgan fingerprint density at radius 1 is 1.16 bits per heavy atom. The Hall–Kier alpha value is -1.65. The number of methoxy groups -OCH3 is 1. The number of benzene rings is 1. The number of pyridine rings is 1. The Bertz CT molecular complexity index is 578. The third kappa shape index (κ3) is 3.66. The maximum Gasteiger partial charge on any atom is 0.251 e. The molecule has 0 aliphatic heterocycles. The molecule has 4 heteroatoms. The second-order valence-corrected chi connectivity index (χ2v) is 4.48. The minimum absolute atomic E-state index is 0.0654. The van der Waals surface area contributed by atoms with Crippen molar-refractivity contribution >= 4 is 10.9 Å². The van der Waals surface area contributed by atoms with E-state index in [1.54, 1.807) is 13.2 Å². The van der Waals surface area contributed by atoms with Gasteiger partial charge in [-0.2, -0.15) is 0 Å². The molecule has 1 aromatic carbocycles. The lowest BCUT2D eigenvalue weighted by atomic mass is 10.2. The van der Waals surface area contributed by atoms with E-state index in [0.29, 0.717) is 6.61 Å². The second-order valence-electron chi connectivity index (χ2n) is 4.48. The number of fused-ring (bicyclic) bond motifs is 1. The highest BCUT2D eigenvalue weighted by Gasteiger charge is 2.01. The average Bonchev–Trinajstić information content (AvgIpc) is 2.44. The van der Waals surface area contributed by atoms with Gasteiger partial charge >= 0.3 is 0 Å². The molecule has 0 radical (unpaired) electrons. The lowest BCUT2D eigenvalue weighted by molar-refractivity contribution is 0.199. The van der Waals surface area contributed by atoms with Gasteiger partial charge in [-0.25, -0.2) is 0 Å². The van der Waals surface area contributed by atoms with Crippen molar-refractivity contribution in [2.45, 2.75) is 13.0 Å². The first-order valence-corrected chi connectivity index (χ1v) is 6.61. The molecule has 0 spiro atoms. The van der Waals surface area contributed by atoms with Crippen LogP contribution >= 0.6 is 0 Å². The van der Waals surface area contributed by atoms with Crippen molar-refractivity contribution in [2.75, 3.05) is 26.8 Å². The molecule has 19 heavy (non-hydrogen) atoms. The lowest BCUT2D eigenvalue weighted by Crippen LogP contribution is -2.24. The minimum Gasteiger partial charge on any atom is -0.383 e. The van der Waals surface area contributed by atoms with E-state index in [9.17, 15) is 4.79 Å².